The van der Waals surface area contributed by atoms with Crippen LogP contribution in [0.3, 0.4) is 0 Å². The van der Waals surface area contributed by atoms with Crippen LogP contribution in [0.2, 0.25) is 0 Å². The Bertz CT molecular complexity index is 739. The molecule has 0 saturated heterocycles. The van der Waals surface area contributed by atoms with Crippen LogP contribution in [0.5, 0.6) is 0 Å². The molecule has 2 aromatic heterocycles. The van der Waals surface area contributed by atoms with Gasteiger partial charge in [-0.3, -0.25) is 9.97 Å². The van der Waals surface area contributed by atoms with E-state index in [0.717, 1.165) is 24.2 Å². The third kappa shape index (κ3) is 18.8. The summed E-state index contributed by atoms with van der Waals surface area (Å²) >= 11 is 0. The van der Waals surface area contributed by atoms with Gasteiger partial charge in [-0.25, -0.2) is 0 Å². The van der Waals surface area contributed by atoms with E-state index in [0.29, 0.717) is 0 Å². The van der Waals surface area contributed by atoms with E-state index in [1.165, 1.54) is 152 Å². The number of aromatic nitrogens is 2. The number of unbranched alkanes of at least 4 members (excludes halogenated alkanes) is 20. The topological polar surface area (TPSA) is 25.8 Å². The van der Waals surface area contributed by atoms with Crippen LogP contribution < -0.4 is 0 Å². The van der Waals surface area contributed by atoms with Gasteiger partial charge in [0, 0.05) is 12.4 Å². The Labute approximate surface area is 255 Å². The summed E-state index contributed by atoms with van der Waals surface area (Å²) in [4.78, 5) is 9.31. The molecule has 0 atom stereocenters. The van der Waals surface area contributed by atoms with E-state index >= 15 is 0 Å². The van der Waals surface area contributed by atoms with Crippen LogP contribution in [0, 0.1) is 0 Å². The largest absolute Gasteiger partial charge is 2.00 e. The molecule has 2 heterocycles. The van der Waals surface area contributed by atoms with Gasteiger partial charge < -0.3 is 0 Å². The zero-order valence-corrected chi connectivity index (χ0v) is 27.4. The molecule has 0 aliphatic rings. The second-order valence-corrected chi connectivity index (χ2v) is 11.7. The van der Waals surface area contributed by atoms with E-state index < -0.39 is 0 Å². The number of hydrogen-bond acceptors (Lipinski definition) is 2. The molecule has 0 bridgehead atoms. The van der Waals surface area contributed by atoms with Gasteiger partial charge in [-0.05, 0) is 61.1 Å². The Morgan fingerprint density at radius 2 is 0.692 bits per heavy atom. The maximum Gasteiger partial charge on any atom is 2.00 e. The Balaban J connectivity index is 0.00000760. The first-order valence-electron chi connectivity index (χ1n) is 16.7. The fourth-order valence-corrected chi connectivity index (χ4v) is 5.53. The van der Waals surface area contributed by atoms with Crippen LogP contribution in [0.1, 0.15) is 166 Å². The van der Waals surface area contributed by atoms with Crippen molar-refractivity contribution in [2.75, 3.05) is 0 Å². The average molecular weight is 622 g/mol. The van der Waals surface area contributed by atoms with Crippen molar-refractivity contribution in [1.82, 2.24) is 9.97 Å². The summed E-state index contributed by atoms with van der Waals surface area (Å²) in [5.41, 5.74) is 4.88. The Morgan fingerprint density at radius 3 is 1.00 bits per heavy atom. The van der Waals surface area contributed by atoms with E-state index in [2.05, 4.69) is 48.1 Å². The first kappa shape index (κ1) is 35.9. The van der Waals surface area contributed by atoms with Gasteiger partial charge in [0.25, 0.3) is 0 Å². The zero-order valence-electron chi connectivity index (χ0n) is 25.7. The second-order valence-electron chi connectivity index (χ2n) is 11.7. The molecule has 220 valence electrons. The number of pyridine rings is 2. The number of rotatable bonds is 25. The van der Waals surface area contributed by atoms with Gasteiger partial charge in [0.1, 0.15) is 0 Å². The van der Waals surface area contributed by atoms with Crippen LogP contribution in [0.25, 0.3) is 11.4 Å². The van der Waals surface area contributed by atoms with Gasteiger partial charge in [0.05, 0.1) is 11.4 Å². The third-order valence-electron chi connectivity index (χ3n) is 8.05. The van der Waals surface area contributed by atoms with E-state index in [-0.39, 0.29) is 19.5 Å². The molecule has 0 saturated carbocycles. The molecule has 0 amide bonds. The van der Waals surface area contributed by atoms with Gasteiger partial charge in [0.15, 0.2) is 0 Å². The van der Waals surface area contributed by atoms with Gasteiger partial charge in [-0.15, -0.1) is 0 Å². The second kappa shape index (κ2) is 25.9. The number of nitrogens with zero attached hydrogens (tertiary/aromatic N) is 2. The molecule has 0 spiro atoms. The summed E-state index contributed by atoms with van der Waals surface area (Å²) in [6.45, 7) is 4.59. The molecule has 2 rings (SSSR count). The maximum atomic E-state index is 4.65. The first-order valence-corrected chi connectivity index (χ1v) is 16.7. The van der Waals surface area contributed by atoms with Gasteiger partial charge in [0.2, 0.25) is 0 Å². The van der Waals surface area contributed by atoms with Crippen molar-refractivity contribution < 1.29 is 19.5 Å². The SMILES string of the molecule is CCCCCCCCCCCCCc1ccnc(-c2cc(CCCCCCCCCCCCC)ccn2)c1.[Ru+2]. The zero-order chi connectivity index (χ0) is 26.9. The normalized spacial score (nSPS) is 11.0. The minimum absolute atomic E-state index is 0. The van der Waals surface area contributed by atoms with E-state index in [1.807, 2.05) is 12.4 Å². The van der Waals surface area contributed by atoms with Crippen molar-refractivity contribution in [2.45, 2.75) is 168 Å². The summed E-state index contributed by atoms with van der Waals surface area (Å²) < 4.78 is 0. The minimum Gasteiger partial charge on any atom is -0.255 e. The fraction of sp³-hybridized carbons (Fsp3) is 0.722. The predicted molar refractivity (Wildman–Crippen MR) is 168 cm³/mol. The van der Waals surface area contributed by atoms with Crippen LogP contribution in [0.4, 0.5) is 0 Å². The Hall–Kier alpha value is -1.08. The van der Waals surface area contributed by atoms with Crippen LogP contribution >= 0.6 is 0 Å². The molecular weight excluding hydrogens is 561 g/mol. The standard InChI is InChI=1S/C36H60N2.Ru/c1-3-5-7-9-11-13-15-17-19-21-23-25-33-27-29-37-35(31-33)36-32-34(28-30-38-36)26-24-22-20-18-16-14-12-10-8-6-4-2;/h27-32H,3-26H2,1-2H3;/q;+2. The van der Waals surface area contributed by atoms with Crippen molar-refractivity contribution in [3.8, 4) is 11.4 Å². The minimum atomic E-state index is 0. The smallest absolute Gasteiger partial charge is 0.255 e. The third-order valence-corrected chi connectivity index (χ3v) is 8.05. The molecule has 0 radical (unpaired) electrons. The van der Waals surface area contributed by atoms with Crippen molar-refractivity contribution in [3.63, 3.8) is 0 Å². The Morgan fingerprint density at radius 1 is 0.410 bits per heavy atom. The molecule has 3 heteroatoms. The molecule has 39 heavy (non-hydrogen) atoms. The molecular formula is C36H60N2Ru+2. The summed E-state index contributed by atoms with van der Waals surface area (Å²) in [6, 6.07) is 8.92. The molecule has 0 unspecified atom stereocenters. The average Bonchev–Trinajstić information content (AvgIpc) is 2.95. The molecule has 0 aromatic carbocycles. The summed E-state index contributed by atoms with van der Waals surface area (Å²) in [5, 5.41) is 0. The van der Waals surface area contributed by atoms with Gasteiger partial charge in [-0.2, -0.15) is 0 Å². The van der Waals surface area contributed by atoms with Crippen molar-refractivity contribution in [1.29, 1.82) is 0 Å². The molecule has 0 aliphatic carbocycles. The number of hydrogen-bond donors (Lipinski definition) is 0. The quantitative estimate of drug-likeness (QED) is 0.0814. The molecule has 2 aromatic rings. The van der Waals surface area contributed by atoms with E-state index in [4.69, 9.17) is 0 Å². The van der Waals surface area contributed by atoms with E-state index in [9.17, 15) is 0 Å². The summed E-state index contributed by atoms with van der Waals surface area (Å²) in [6.07, 6.45) is 37.0. The van der Waals surface area contributed by atoms with Gasteiger partial charge >= 0.3 is 19.5 Å². The summed E-state index contributed by atoms with van der Waals surface area (Å²) in [5.74, 6) is 0. The predicted octanol–water partition coefficient (Wildman–Crippen LogP) is 11.8. The maximum absolute atomic E-state index is 4.65. The van der Waals surface area contributed by atoms with Crippen molar-refractivity contribution >= 4 is 0 Å². The van der Waals surface area contributed by atoms with Gasteiger partial charge in [-0.1, -0.05) is 142 Å². The Kier molecular flexibility index (Phi) is 23.8. The van der Waals surface area contributed by atoms with Crippen molar-refractivity contribution in [3.05, 3.63) is 47.8 Å². The van der Waals surface area contributed by atoms with E-state index in [1.54, 1.807) is 0 Å². The monoisotopic (exact) mass is 622 g/mol. The molecule has 0 N–H and O–H groups in total. The fourth-order valence-electron chi connectivity index (χ4n) is 5.53. The molecule has 0 fully saturated rings. The van der Waals surface area contributed by atoms with Crippen molar-refractivity contribution in [2.24, 2.45) is 0 Å². The van der Waals surface area contributed by atoms with Crippen LogP contribution in [-0.4, -0.2) is 9.97 Å². The molecule has 2 nitrogen and oxygen atoms in total. The first-order chi connectivity index (χ1) is 18.8. The summed E-state index contributed by atoms with van der Waals surface area (Å²) in [7, 11) is 0. The van der Waals surface area contributed by atoms with Crippen LogP contribution in [-0.2, 0) is 32.3 Å². The molecule has 0 aliphatic heterocycles. The number of aryl methyl sites for hydroxylation is 2. The van der Waals surface area contributed by atoms with Crippen LogP contribution in [0.15, 0.2) is 36.7 Å².